The molecular weight excluding hydrogens is 471 g/mol. The fourth-order valence-electron chi connectivity index (χ4n) is 3.68. The van der Waals surface area contributed by atoms with Gasteiger partial charge in [0.2, 0.25) is 0 Å². The van der Waals surface area contributed by atoms with E-state index in [1.165, 1.54) is 24.7 Å². The van der Waals surface area contributed by atoms with Crippen molar-refractivity contribution in [3.63, 3.8) is 0 Å². The van der Waals surface area contributed by atoms with Gasteiger partial charge >= 0.3 is 0 Å². The topological polar surface area (TPSA) is 77.0 Å². The van der Waals surface area contributed by atoms with Crippen LogP contribution in [0.15, 0.2) is 36.8 Å². The zero-order valence-electron chi connectivity index (χ0n) is 18.8. The molecule has 0 saturated carbocycles. The van der Waals surface area contributed by atoms with Crippen LogP contribution < -0.4 is 5.32 Å². The maximum atomic E-state index is 14.7. The minimum atomic E-state index is -3.01. The van der Waals surface area contributed by atoms with E-state index in [9.17, 15) is 26.7 Å². The summed E-state index contributed by atoms with van der Waals surface area (Å²) in [4.78, 5) is 25.5. The first-order valence-electron chi connectivity index (χ1n) is 10.8. The van der Waals surface area contributed by atoms with Crippen molar-refractivity contribution in [2.45, 2.75) is 44.6 Å². The van der Waals surface area contributed by atoms with Crippen molar-refractivity contribution in [3.8, 4) is 11.1 Å². The number of hydrogen-bond donors (Lipinski definition) is 1. The Morgan fingerprint density at radius 1 is 1.06 bits per heavy atom. The van der Waals surface area contributed by atoms with Crippen LogP contribution in [-0.4, -0.2) is 33.4 Å². The number of alkyl halides is 2. The van der Waals surface area contributed by atoms with Crippen molar-refractivity contribution >= 4 is 11.6 Å². The van der Waals surface area contributed by atoms with E-state index in [0.717, 1.165) is 0 Å². The van der Waals surface area contributed by atoms with Gasteiger partial charge in [0.1, 0.15) is 24.4 Å². The maximum absolute atomic E-state index is 14.7. The Morgan fingerprint density at radius 2 is 1.74 bits per heavy atom. The Kier molecular flexibility index (Phi) is 6.79. The molecule has 1 N–H and O–H groups in total. The number of benzene rings is 1. The SMILES string of the molecule is CC(C)c1ncc(C(=O)Nc2c(-c3cc(F)c(F)cc3F)ccnc2C2CCC(F)(F)CO2)cn1. The first kappa shape index (κ1) is 24.6. The number of hydrogen-bond acceptors (Lipinski definition) is 5. The standard InChI is InChI=1S/C24H21F5N4O2/c1-12(2)22-31-9-13(10-32-22)23(34)33-20-14(15-7-17(26)18(27)8-16(15)25)4-6-30-21(20)19-3-5-24(28,29)11-35-19/h4,6-10,12,19H,3,5,11H2,1-2H3,(H,33,34). The third-order valence-electron chi connectivity index (χ3n) is 5.54. The summed E-state index contributed by atoms with van der Waals surface area (Å²) in [6, 6.07) is 2.33. The van der Waals surface area contributed by atoms with E-state index in [1.807, 2.05) is 13.8 Å². The Morgan fingerprint density at radius 3 is 2.37 bits per heavy atom. The van der Waals surface area contributed by atoms with Crippen molar-refractivity contribution in [1.29, 1.82) is 0 Å². The average Bonchev–Trinajstić information content (AvgIpc) is 2.82. The van der Waals surface area contributed by atoms with Gasteiger partial charge in [-0.15, -0.1) is 0 Å². The van der Waals surface area contributed by atoms with Gasteiger partial charge < -0.3 is 10.1 Å². The molecule has 1 fully saturated rings. The molecule has 2 aromatic heterocycles. The summed E-state index contributed by atoms with van der Waals surface area (Å²) < 4.78 is 74.8. The molecule has 6 nitrogen and oxygen atoms in total. The number of nitrogens with one attached hydrogen (secondary N) is 1. The Bertz CT molecular complexity index is 1240. The van der Waals surface area contributed by atoms with Gasteiger partial charge in [0, 0.05) is 48.1 Å². The molecule has 3 heterocycles. The number of ether oxygens (including phenoxy) is 1. The Hall–Kier alpha value is -3.47. The first-order chi connectivity index (χ1) is 16.6. The monoisotopic (exact) mass is 492 g/mol. The largest absolute Gasteiger partial charge is 0.366 e. The zero-order chi connectivity index (χ0) is 25.3. The minimum Gasteiger partial charge on any atom is -0.366 e. The lowest BCUT2D eigenvalue weighted by molar-refractivity contribution is -0.146. The fourth-order valence-corrected chi connectivity index (χ4v) is 3.68. The highest BCUT2D eigenvalue weighted by Crippen LogP contribution is 2.41. The molecule has 0 radical (unpaired) electrons. The molecule has 35 heavy (non-hydrogen) atoms. The number of amides is 1. The van der Waals surface area contributed by atoms with Crippen LogP contribution in [0.5, 0.6) is 0 Å². The summed E-state index contributed by atoms with van der Waals surface area (Å²) in [5, 5.41) is 2.59. The van der Waals surface area contributed by atoms with Gasteiger partial charge in [0.25, 0.3) is 11.8 Å². The zero-order valence-corrected chi connectivity index (χ0v) is 18.8. The fraction of sp³-hybridized carbons (Fsp3) is 0.333. The third kappa shape index (κ3) is 5.29. The molecule has 1 aliphatic rings. The van der Waals surface area contributed by atoms with Gasteiger partial charge in [0.05, 0.1) is 16.9 Å². The van der Waals surface area contributed by atoms with Crippen LogP contribution in [0.4, 0.5) is 27.6 Å². The number of carbonyl (C=O) groups is 1. The predicted octanol–water partition coefficient (Wildman–Crippen LogP) is 5.82. The van der Waals surface area contributed by atoms with Gasteiger partial charge in [-0.05, 0) is 18.6 Å². The molecular formula is C24H21F5N4O2. The van der Waals surface area contributed by atoms with Gasteiger partial charge in [0.15, 0.2) is 11.6 Å². The van der Waals surface area contributed by atoms with E-state index < -0.39 is 48.4 Å². The van der Waals surface area contributed by atoms with Crippen molar-refractivity contribution in [3.05, 3.63) is 71.3 Å². The Labute approximate surface area is 197 Å². The molecule has 0 bridgehead atoms. The molecule has 1 aliphatic heterocycles. The number of pyridine rings is 1. The predicted molar refractivity (Wildman–Crippen MR) is 116 cm³/mol. The maximum Gasteiger partial charge on any atom is 0.271 e. The second kappa shape index (κ2) is 9.65. The van der Waals surface area contributed by atoms with Gasteiger partial charge in [-0.2, -0.15) is 0 Å². The molecule has 0 spiro atoms. The molecule has 3 aromatic rings. The summed E-state index contributed by atoms with van der Waals surface area (Å²) in [5.74, 6) is -6.93. The molecule has 0 aliphatic carbocycles. The number of carbonyl (C=O) groups excluding carboxylic acids is 1. The number of nitrogens with zero attached hydrogens (tertiary/aromatic N) is 3. The summed E-state index contributed by atoms with van der Waals surface area (Å²) in [6.07, 6.45) is 2.31. The normalized spacial score (nSPS) is 17.4. The molecule has 1 unspecified atom stereocenters. The number of rotatable bonds is 5. The van der Waals surface area contributed by atoms with Gasteiger partial charge in [-0.1, -0.05) is 13.8 Å². The first-order valence-corrected chi connectivity index (χ1v) is 10.8. The van der Waals surface area contributed by atoms with Crippen LogP contribution in [0, 0.1) is 17.5 Å². The van der Waals surface area contributed by atoms with E-state index >= 15 is 0 Å². The Balaban J connectivity index is 1.78. The van der Waals surface area contributed by atoms with Crippen LogP contribution >= 0.6 is 0 Å². The molecule has 184 valence electrons. The average molecular weight is 492 g/mol. The molecule has 1 amide bonds. The van der Waals surface area contributed by atoms with Crippen LogP contribution in [0.25, 0.3) is 11.1 Å². The number of aromatic nitrogens is 3. The lowest BCUT2D eigenvalue weighted by Crippen LogP contribution is -2.31. The highest BCUT2D eigenvalue weighted by atomic mass is 19.3. The molecule has 4 rings (SSSR count). The van der Waals surface area contributed by atoms with Crippen molar-refractivity contribution in [2.75, 3.05) is 11.9 Å². The van der Waals surface area contributed by atoms with Crippen molar-refractivity contribution in [1.82, 2.24) is 15.0 Å². The van der Waals surface area contributed by atoms with Crippen molar-refractivity contribution in [2.24, 2.45) is 0 Å². The summed E-state index contributed by atoms with van der Waals surface area (Å²) in [6.45, 7) is 2.90. The molecule has 1 atom stereocenters. The summed E-state index contributed by atoms with van der Waals surface area (Å²) >= 11 is 0. The second-order valence-electron chi connectivity index (χ2n) is 8.50. The second-order valence-corrected chi connectivity index (χ2v) is 8.50. The lowest BCUT2D eigenvalue weighted by Gasteiger charge is -2.30. The van der Waals surface area contributed by atoms with Crippen LogP contribution in [-0.2, 0) is 4.74 Å². The van der Waals surface area contributed by atoms with Crippen molar-refractivity contribution < 1.29 is 31.5 Å². The van der Waals surface area contributed by atoms with E-state index in [1.54, 1.807) is 0 Å². The molecule has 1 saturated heterocycles. The quantitative estimate of drug-likeness (QED) is 0.359. The number of anilines is 1. The molecule has 1 aromatic carbocycles. The highest BCUT2D eigenvalue weighted by Gasteiger charge is 2.38. The van der Waals surface area contributed by atoms with E-state index in [2.05, 4.69) is 20.3 Å². The van der Waals surface area contributed by atoms with Gasteiger partial charge in [-0.3, -0.25) is 9.78 Å². The minimum absolute atomic E-state index is 0.0274. The van der Waals surface area contributed by atoms with E-state index in [0.29, 0.717) is 18.0 Å². The van der Waals surface area contributed by atoms with Crippen LogP contribution in [0.3, 0.4) is 0 Å². The highest BCUT2D eigenvalue weighted by molar-refractivity contribution is 6.06. The summed E-state index contributed by atoms with van der Waals surface area (Å²) in [7, 11) is 0. The van der Waals surface area contributed by atoms with Gasteiger partial charge in [-0.25, -0.2) is 31.9 Å². The smallest absolute Gasteiger partial charge is 0.271 e. The number of halogens is 5. The van der Waals surface area contributed by atoms with Crippen LogP contribution in [0.2, 0.25) is 0 Å². The lowest BCUT2D eigenvalue weighted by atomic mass is 9.97. The molecule has 11 heteroatoms. The van der Waals surface area contributed by atoms with Crippen LogP contribution in [0.1, 0.15) is 60.6 Å². The summed E-state index contributed by atoms with van der Waals surface area (Å²) in [5.41, 5.74) is -0.339. The van der Waals surface area contributed by atoms with E-state index in [-0.39, 0.29) is 40.4 Å². The third-order valence-corrected chi connectivity index (χ3v) is 5.54. The van der Waals surface area contributed by atoms with E-state index in [4.69, 9.17) is 4.74 Å².